The van der Waals surface area contributed by atoms with Crippen molar-refractivity contribution in [2.24, 2.45) is 5.92 Å². The Balaban J connectivity index is 2.16. The van der Waals surface area contributed by atoms with E-state index < -0.39 is 0 Å². The van der Waals surface area contributed by atoms with Gasteiger partial charge >= 0.3 is 0 Å². The fourth-order valence-electron chi connectivity index (χ4n) is 2.48. The molecule has 0 aromatic heterocycles. The summed E-state index contributed by atoms with van der Waals surface area (Å²) >= 11 is 0. The fourth-order valence-corrected chi connectivity index (χ4v) is 2.48. The summed E-state index contributed by atoms with van der Waals surface area (Å²) in [6.45, 7) is 10.7. The van der Waals surface area contributed by atoms with Crippen LogP contribution in [0.25, 0.3) is 0 Å². The Kier molecular flexibility index (Phi) is 6.32. The van der Waals surface area contributed by atoms with Crippen molar-refractivity contribution in [1.82, 2.24) is 10.2 Å². The summed E-state index contributed by atoms with van der Waals surface area (Å²) in [6, 6.07) is 1.11. The Bertz CT molecular complexity index is 177. The molecule has 1 atom stereocenters. The Morgan fingerprint density at radius 1 is 1.25 bits per heavy atom. The quantitative estimate of drug-likeness (QED) is 0.722. The second-order valence-electron chi connectivity index (χ2n) is 5.55. The molecule has 3 nitrogen and oxygen atoms in total. The standard InChI is InChI=1S/C13H28N2O/c1-11(2)10-15-7-4-13(5-8-15)14-12(3)6-9-16/h11-14,16H,4-10H2,1-3H3/t12-/m1/s1. The van der Waals surface area contributed by atoms with E-state index in [-0.39, 0.29) is 0 Å². The van der Waals surface area contributed by atoms with Gasteiger partial charge in [0.25, 0.3) is 0 Å². The third-order valence-corrected chi connectivity index (χ3v) is 3.29. The second kappa shape index (κ2) is 7.25. The number of rotatable bonds is 6. The summed E-state index contributed by atoms with van der Waals surface area (Å²) in [5, 5.41) is 12.5. The van der Waals surface area contributed by atoms with Crippen molar-refractivity contribution in [3.05, 3.63) is 0 Å². The maximum Gasteiger partial charge on any atom is 0.0445 e. The lowest BCUT2D eigenvalue weighted by Crippen LogP contribution is -2.46. The van der Waals surface area contributed by atoms with Crippen molar-refractivity contribution in [2.75, 3.05) is 26.2 Å². The van der Waals surface area contributed by atoms with E-state index in [2.05, 4.69) is 31.0 Å². The molecule has 16 heavy (non-hydrogen) atoms. The first-order valence-corrected chi connectivity index (χ1v) is 6.71. The second-order valence-corrected chi connectivity index (χ2v) is 5.55. The first kappa shape index (κ1) is 13.9. The summed E-state index contributed by atoms with van der Waals surface area (Å²) in [4.78, 5) is 2.57. The number of hydrogen-bond acceptors (Lipinski definition) is 3. The molecule has 1 aliphatic rings. The first-order chi connectivity index (χ1) is 7.61. The van der Waals surface area contributed by atoms with Gasteiger partial charge in [0.15, 0.2) is 0 Å². The van der Waals surface area contributed by atoms with Gasteiger partial charge in [-0.25, -0.2) is 0 Å². The van der Waals surface area contributed by atoms with Gasteiger partial charge < -0.3 is 15.3 Å². The normalized spacial score (nSPS) is 21.6. The lowest BCUT2D eigenvalue weighted by molar-refractivity contribution is 0.171. The molecule has 0 amide bonds. The van der Waals surface area contributed by atoms with E-state index in [0.29, 0.717) is 18.7 Å². The molecule has 0 spiro atoms. The smallest absolute Gasteiger partial charge is 0.0445 e. The third-order valence-electron chi connectivity index (χ3n) is 3.29. The summed E-state index contributed by atoms with van der Waals surface area (Å²) in [5.74, 6) is 0.776. The van der Waals surface area contributed by atoms with E-state index in [4.69, 9.17) is 5.11 Å². The molecule has 1 aliphatic heterocycles. The minimum Gasteiger partial charge on any atom is -0.396 e. The molecule has 0 aliphatic carbocycles. The monoisotopic (exact) mass is 228 g/mol. The van der Waals surface area contributed by atoms with Crippen molar-refractivity contribution in [3.63, 3.8) is 0 Å². The molecular weight excluding hydrogens is 200 g/mol. The van der Waals surface area contributed by atoms with Crippen LogP contribution < -0.4 is 5.32 Å². The van der Waals surface area contributed by atoms with Crippen LogP contribution in [0.5, 0.6) is 0 Å². The zero-order chi connectivity index (χ0) is 12.0. The minimum absolute atomic E-state index is 0.292. The molecule has 2 N–H and O–H groups in total. The molecule has 0 bridgehead atoms. The van der Waals surface area contributed by atoms with E-state index in [1.54, 1.807) is 0 Å². The van der Waals surface area contributed by atoms with Crippen molar-refractivity contribution >= 4 is 0 Å². The minimum atomic E-state index is 0.292. The van der Waals surface area contributed by atoms with Crippen LogP contribution >= 0.6 is 0 Å². The van der Waals surface area contributed by atoms with Gasteiger partial charge in [-0.2, -0.15) is 0 Å². The predicted octanol–water partition coefficient (Wildman–Crippen LogP) is 1.47. The van der Waals surface area contributed by atoms with Gasteiger partial charge in [-0.05, 0) is 45.2 Å². The molecule has 0 aromatic rings. The molecule has 1 fully saturated rings. The van der Waals surface area contributed by atoms with Crippen molar-refractivity contribution in [2.45, 2.75) is 52.1 Å². The Labute approximate surface area is 100 Å². The molecule has 1 heterocycles. The molecule has 3 heteroatoms. The van der Waals surface area contributed by atoms with Crippen LogP contribution in [0.3, 0.4) is 0 Å². The average molecular weight is 228 g/mol. The molecule has 96 valence electrons. The average Bonchev–Trinajstić information content (AvgIpc) is 2.20. The van der Waals surface area contributed by atoms with Crippen LogP contribution in [0.2, 0.25) is 0 Å². The van der Waals surface area contributed by atoms with Crippen LogP contribution in [0.15, 0.2) is 0 Å². The van der Waals surface area contributed by atoms with Gasteiger partial charge in [0.05, 0.1) is 0 Å². The Morgan fingerprint density at radius 2 is 1.88 bits per heavy atom. The number of hydrogen-bond donors (Lipinski definition) is 2. The van der Waals surface area contributed by atoms with Crippen molar-refractivity contribution in [1.29, 1.82) is 0 Å². The SMILES string of the molecule is CC(C)CN1CCC(N[C@H](C)CCO)CC1. The molecule has 1 saturated heterocycles. The predicted molar refractivity (Wildman–Crippen MR) is 68.6 cm³/mol. The van der Waals surface area contributed by atoms with E-state index in [1.807, 2.05) is 0 Å². The number of likely N-dealkylation sites (tertiary alicyclic amines) is 1. The maximum atomic E-state index is 8.86. The highest BCUT2D eigenvalue weighted by atomic mass is 16.3. The van der Waals surface area contributed by atoms with E-state index in [1.165, 1.54) is 32.5 Å². The number of aliphatic hydroxyl groups excluding tert-OH is 1. The van der Waals surface area contributed by atoms with Crippen molar-refractivity contribution in [3.8, 4) is 0 Å². The molecule has 0 saturated carbocycles. The summed E-state index contributed by atoms with van der Waals surface area (Å²) in [6.07, 6.45) is 3.37. The van der Waals surface area contributed by atoms with Gasteiger partial charge in [-0.1, -0.05) is 13.8 Å². The van der Waals surface area contributed by atoms with Gasteiger partial charge in [0, 0.05) is 25.2 Å². The molecule has 1 rings (SSSR count). The zero-order valence-corrected chi connectivity index (χ0v) is 11.1. The topological polar surface area (TPSA) is 35.5 Å². The van der Waals surface area contributed by atoms with Crippen LogP contribution in [-0.4, -0.2) is 48.3 Å². The highest BCUT2D eigenvalue weighted by molar-refractivity contribution is 4.79. The molecule has 0 unspecified atom stereocenters. The van der Waals surface area contributed by atoms with Gasteiger partial charge in [-0.15, -0.1) is 0 Å². The summed E-state index contributed by atoms with van der Waals surface area (Å²) < 4.78 is 0. The van der Waals surface area contributed by atoms with Gasteiger partial charge in [-0.3, -0.25) is 0 Å². The van der Waals surface area contributed by atoms with Gasteiger partial charge in [0.2, 0.25) is 0 Å². The van der Waals surface area contributed by atoms with E-state index in [0.717, 1.165) is 12.3 Å². The van der Waals surface area contributed by atoms with E-state index >= 15 is 0 Å². The van der Waals surface area contributed by atoms with Gasteiger partial charge in [0.1, 0.15) is 0 Å². The van der Waals surface area contributed by atoms with Crippen molar-refractivity contribution < 1.29 is 5.11 Å². The largest absolute Gasteiger partial charge is 0.396 e. The maximum absolute atomic E-state index is 8.86. The number of nitrogens with zero attached hydrogens (tertiary/aromatic N) is 1. The Hall–Kier alpha value is -0.120. The molecular formula is C13H28N2O. The number of piperidine rings is 1. The molecule has 0 aromatic carbocycles. The fraction of sp³-hybridized carbons (Fsp3) is 1.00. The third kappa shape index (κ3) is 5.28. The first-order valence-electron chi connectivity index (χ1n) is 6.71. The summed E-state index contributed by atoms with van der Waals surface area (Å²) in [5.41, 5.74) is 0. The lowest BCUT2D eigenvalue weighted by Gasteiger charge is -2.34. The van der Waals surface area contributed by atoms with Crippen LogP contribution in [0.4, 0.5) is 0 Å². The number of nitrogens with one attached hydrogen (secondary N) is 1. The highest BCUT2D eigenvalue weighted by Gasteiger charge is 2.20. The van der Waals surface area contributed by atoms with Crippen LogP contribution in [0.1, 0.15) is 40.0 Å². The highest BCUT2D eigenvalue weighted by Crippen LogP contribution is 2.12. The molecule has 0 radical (unpaired) electrons. The van der Waals surface area contributed by atoms with E-state index in [9.17, 15) is 0 Å². The zero-order valence-electron chi connectivity index (χ0n) is 11.1. The van der Waals surface area contributed by atoms with Crippen LogP contribution in [0, 0.1) is 5.92 Å². The Morgan fingerprint density at radius 3 is 2.38 bits per heavy atom. The lowest BCUT2D eigenvalue weighted by atomic mass is 10.0. The van der Waals surface area contributed by atoms with Crippen LogP contribution in [-0.2, 0) is 0 Å². The number of aliphatic hydroxyl groups is 1. The summed E-state index contributed by atoms with van der Waals surface area (Å²) in [7, 11) is 0.